The fraction of sp³-hybridized carbons (Fsp3) is 0.0769. The van der Waals surface area contributed by atoms with E-state index in [0.717, 1.165) is 12.1 Å². The average molecular weight is 282 g/mol. The summed E-state index contributed by atoms with van der Waals surface area (Å²) >= 11 is 0. The van der Waals surface area contributed by atoms with E-state index in [0.29, 0.717) is 6.07 Å². The van der Waals surface area contributed by atoms with Gasteiger partial charge in [-0.25, -0.2) is 9.37 Å². The van der Waals surface area contributed by atoms with Crippen molar-refractivity contribution in [2.75, 3.05) is 0 Å². The molecule has 1 aromatic carbocycles. The topological polar surface area (TPSA) is 45.9 Å². The van der Waals surface area contributed by atoms with E-state index in [2.05, 4.69) is 4.98 Å². The fourth-order valence-electron chi connectivity index (χ4n) is 1.39. The van der Waals surface area contributed by atoms with Crippen molar-refractivity contribution in [3.8, 4) is 17.7 Å². The first-order valence-corrected chi connectivity index (χ1v) is 5.32. The molecule has 0 atom stereocenters. The van der Waals surface area contributed by atoms with Crippen molar-refractivity contribution in [2.45, 2.75) is 6.18 Å². The van der Waals surface area contributed by atoms with Gasteiger partial charge in [0.15, 0.2) is 11.6 Å². The van der Waals surface area contributed by atoms with E-state index in [1.54, 1.807) is 6.07 Å². The Bertz CT molecular complexity index is 677. The fourth-order valence-corrected chi connectivity index (χ4v) is 1.39. The minimum atomic E-state index is -4.68. The molecule has 0 aliphatic rings. The van der Waals surface area contributed by atoms with E-state index >= 15 is 0 Å². The maximum atomic E-state index is 13.4. The van der Waals surface area contributed by atoms with Crippen LogP contribution in [0.1, 0.15) is 11.3 Å². The summed E-state index contributed by atoms with van der Waals surface area (Å²) in [5.41, 5.74) is -1.44. The van der Waals surface area contributed by atoms with E-state index in [4.69, 9.17) is 10.00 Å². The monoisotopic (exact) mass is 282 g/mol. The number of hydrogen-bond donors (Lipinski definition) is 0. The Morgan fingerprint density at radius 1 is 1.10 bits per heavy atom. The lowest BCUT2D eigenvalue weighted by atomic mass is 10.2. The first-order chi connectivity index (χ1) is 9.41. The van der Waals surface area contributed by atoms with Crippen LogP contribution in [-0.4, -0.2) is 4.98 Å². The van der Waals surface area contributed by atoms with Gasteiger partial charge in [-0.05, 0) is 24.3 Å². The number of alkyl halides is 3. The van der Waals surface area contributed by atoms with Gasteiger partial charge < -0.3 is 4.74 Å². The molecule has 0 unspecified atom stereocenters. The lowest BCUT2D eigenvalue weighted by Gasteiger charge is -2.10. The second-order valence-electron chi connectivity index (χ2n) is 3.69. The molecule has 3 nitrogen and oxygen atoms in total. The van der Waals surface area contributed by atoms with Crippen LogP contribution in [0.3, 0.4) is 0 Å². The molecular formula is C13H6F4N2O. The van der Waals surface area contributed by atoms with E-state index in [1.807, 2.05) is 0 Å². The van der Waals surface area contributed by atoms with Crippen molar-refractivity contribution in [2.24, 2.45) is 0 Å². The number of benzene rings is 1. The number of para-hydroxylation sites is 1. The van der Waals surface area contributed by atoms with Crippen molar-refractivity contribution in [3.05, 3.63) is 53.5 Å². The van der Waals surface area contributed by atoms with Gasteiger partial charge in [0.1, 0.15) is 17.3 Å². The third-order valence-corrected chi connectivity index (χ3v) is 2.31. The maximum absolute atomic E-state index is 13.4. The Hall–Kier alpha value is -2.62. The van der Waals surface area contributed by atoms with Crippen molar-refractivity contribution >= 4 is 0 Å². The zero-order valence-corrected chi connectivity index (χ0v) is 9.78. The number of hydrogen-bond acceptors (Lipinski definition) is 3. The van der Waals surface area contributed by atoms with Crippen molar-refractivity contribution < 1.29 is 22.3 Å². The predicted molar refractivity (Wildman–Crippen MR) is 60.4 cm³/mol. The van der Waals surface area contributed by atoms with Gasteiger partial charge in [-0.15, -0.1) is 0 Å². The molecule has 0 N–H and O–H groups in total. The second kappa shape index (κ2) is 5.17. The number of pyridine rings is 1. The number of ether oxygens (including phenoxy) is 1. The molecule has 0 spiro atoms. The van der Waals surface area contributed by atoms with Gasteiger partial charge in [0.2, 0.25) is 5.88 Å². The van der Waals surface area contributed by atoms with E-state index in [1.165, 1.54) is 18.2 Å². The largest absolute Gasteiger partial charge is 0.435 e. The standard InChI is InChI=1S/C13H6F4N2O/c14-9-3-1-2-4-10(9)20-12-8(7-18)5-6-11(19-12)13(15,16)17/h1-6H. The molecule has 102 valence electrons. The first kappa shape index (κ1) is 13.8. The van der Waals surface area contributed by atoms with Gasteiger partial charge >= 0.3 is 6.18 Å². The van der Waals surface area contributed by atoms with Crippen LogP contribution in [0.4, 0.5) is 17.6 Å². The van der Waals surface area contributed by atoms with Crippen LogP contribution < -0.4 is 4.74 Å². The number of rotatable bonds is 2. The summed E-state index contributed by atoms with van der Waals surface area (Å²) in [6.07, 6.45) is -4.68. The molecule has 0 radical (unpaired) electrons. The number of nitrogens with zero attached hydrogens (tertiary/aromatic N) is 2. The average Bonchev–Trinajstić information content (AvgIpc) is 2.40. The van der Waals surface area contributed by atoms with Crippen molar-refractivity contribution in [1.29, 1.82) is 5.26 Å². The zero-order chi connectivity index (χ0) is 14.8. The van der Waals surface area contributed by atoms with Gasteiger partial charge in [-0.2, -0.15) is 18.4 Å². The summed E-state index contributed by atoms with van der Waals surface area (Å²) in [6, 6.07) is 8.36. The summed E-state index contributed by atoms with van der Waals surface area (Å²) in [5.74, 6) is -1.67. The summed E-state index contributed by atoms with van der Waals surface area (Å²) in [7, 11) is 0. The van der Waals surface area contributed by atoms with Crippen LogP contribution in [-0.2, 0) is 6.18 Å². The molecule has 0 fully saturated rings. The SMILES string of the molecule is N#Cc1ccc(C(F)(F)F)nc1Oc1ccccc1F. The summed E-state index contributed by atoms with van der Waals surface area (Å²) in [4.78, 5) is 3.21. The summed E-state index contributed by atoms with van der Waals surface area (Å²) < 4.78 is 56.0. The molecule has 1 aromatic heterocycles. The Balaban J connectivity index is 2.45. The molecule has 0 bridgehead atoms. The van der Waals surface area contributed by atoms with Crippen molar-refractivity contribution in [1.82, 2.24) is 4.98 Å². The Kier molecular flexibility index (Phi) is 3.57. The number of nitriles is 1. The molecule has 7 heteroatoms. The summed E-state index contributed by atoms with van der Waals surface area (Å²) in [6.45, 7) is 0. The lowest BCUT2D eigenvalue weighted by Crippen LogP contribution is -2.09. The van der Waals surface area contributed by atoms with E-state index < -0.39 is 23.6 Å². The van der Waals surface area contributed by atoms with Gasteiger partial charge in [0, 0.05) is 0 Å². The maximum Gasteiger partial charge on any atom is 0.433 e. The highest BCUT2D eigenvalue weighted by Crippen LogP contribution is 2.32. The molecule has 0 saturated heterocycles. The quantitative estimate of drug-likeness (QED) is 0.785. The van der Waals surface area contributed by atoms with E-state index in [9.17, 15) is 17.6 Å². The zero-order valence-electron chi connectivity index (χ0n) is 9.78. The number of halogens is 4. The second-order valence-corrected chi connectivity index (χ2v) is 3.69. The molecule has 0 aliphatic heterocycles. The predicted octanol–water partition coefficient (Wildman–Crippen LogP) is 3.90. The van der Waals surface area contributed by atoms with Crippen LogP contribution in [0.25, 0.3) is 0 Å². The molecule has 0 amide bonds. The molecule has 20 heavy (non-hydrogen) atoms. The van der Waals surface area contributed by atoms with Crippen LogP contribution in [0.5, 0.6) is 11.6 Å². The van der Waals surface area contributed by atoms with Gasteiger partial charge in [-0.1, -0.05) is 12.1 Å². The van der Waals surface area contributed by atoms with Crippen molar-refractivity contribution in [3.63, 3.8) is 0 Å². The van der Waals surface area contributed by atoms with Gasteiger partial charge in [0.25, 0.3) is 0 Å². The third kappa shape index (κ3) is 2.85. The highest BCUT2D eigenvalue weighted by atomic mass is 19.4. The van der Waals surface area contributed by atoms with Crippen LogP contribution in [0.2, 0.25) is 0 Å². The van der Waals surface area contributed by atoms with E-state index in [-0.39, 0.29) is 11.3 Å². The van der Waals surface area contributed by atoms with Crippen LogP contribution in [0, 0.1) is 17.1 Å². The number of aromatic nitrogens is 1. The summed E-state index contributed by atoms with van der Waals surface area (Å²) in [5, 5.41) is 8.81. The third-order valence-electron chi connectivity index (χ3n) is 2.31. The Morgan fingerprint density at radius 2 is 1.80 bits per heavy atom. The molecule has 2 rings (SSSR count). The molecular weight excluding hydrogens is 276 g/mol. The molecule has 0 saturated carbocycles. The van der Waals surface area contributed by atoms with Crippen LogP contribution in [0.15, 0.2) is 36.4 Å². The molecule has 0 aliphatic carbocycles. The molecule has 2 aromatic rings. The Labute approximate surface area is 111 Å². The smallest absolute Gasteiger partial charge is 0.433 e. The lowest BCUT2D eigenvalue weighted by molar-refractivity contribution is -0.141. The van der Waals surface area contributed by atoms with Gasteiger partial charge in [0.05, 0.1) is 0 Å². The first-order valence-electron chi connectivity index (χ1n) is 5.32. The van der Waals surface area contributed by atoms with Crippen LogP contribution >= 0.6 is 0 Å². The Morgan fingerprint density at radius 3 is 2.40 bits per heavy atom. The minimum absolute atomic E-state index is 0.221. The van der Waals surface area contributed by atoms with Gasteiger partial charge in [-0.3, -0.25) is 0 Å². The highest BCUT2D eigenvalue weighted by molar-refractivity contribution is 5.42. The minimum Gasteiger partial charge on any atom is -0.435 e. The highest BCUT2D eigenvalue weighted by Gasteiger charge is 2.33. The molecule has 1 heterocycles. The normalized spacial score (nSPS) is 10.9.